The molecule has 0 fully saturated rings. The zero-order valence-corrected chi connectivity index (χ0v) is 15.6. The molecule has 4 rings (SSSR count). The number of carbonyl (C=O) groups is 2. The van der Waals surface area contributed by atoms with E-state index in [1.807, 2.05) is 42.5 Å². The van der Waals surface area contributed by atoms with Crippen molar-refractivity contribution in [1.82, 2.24) is 5.32 Å². The molecule has 0 bridgehead atoms. The maximum absolute atomic E-state index is 13.4. The van der Waals surface area contributed by atoms with Gasteiger partial charge in [-0.15, -0.1) is 0 Å². The van der Waals surface area contributed by atoms with Crippen molar-refractivity contribution < 1.29 is 14.0 Å². The lowest BCUT2D eigenvalue weighted by Crippen LogP contribution is -2.43. The number of hydrogen-bond acceptors (Lipinski definition) is 2. The van der Waals surface area contributed by atoms with Crippen LogP contribution in [0.1, 0.15) is 17.2 Å². The van der Waals surface area contributed by atoms with Crippen LogP contribution in [-0.2, 0) is 11.2 Å². The summed E-state index contributed by atoms with van der Waals surface area (Å²) in [6.45, 7) is 0.564. The normalized spacial score (nSPS) is 13.5. The maximum atomic E-state index is 13.4. The summed E-state index contributed by atoms with van der Waals surface area (Å²) in [6, 6.07) is 21.0. The monoisotopic (exact) mass is 389 g/mol. The van der Waals surface area contributed by atoms with Gasteiger partial charge in [0.2, 0.25) is 0 Å². The van der Waals surface area contributed by atoms with E-state index in [9.17, 15) is 14.0 Å². The number of benzene rings is 3. The predicted molar refractivity (Wildman–Crippen MR) is 110 cm³/mol. The topological polar surface area (TPSA) is 61.4 Å². The van der Waals surface area contributed by atoms with Gasteiger partial charge in [0.15, 0.2) is 0 Å². The minimum absolute atomic E-state index is 0.212. The largest absolute Gasteiger partial charge is 0.322 e. The molecular formula is C23H20FN3O2. The summed E-state index contributed by atoms with van der Waals surface area (Å²) >= 11 is 0. The standard InChI is InChI=1S/C23H20FN3O2/c24-18-10-6-11-19(15-18)25-23(29)26-21(17-8-2-1-3-9-17)22(28)27-14-13-16-7-4-5-12-20(16)27/h1-12,15,21H,13-14H2,(H2,25,26,29)/t21-/m0/s1. The minimum atomic E-state index is -0.865. The molecule has 0 unspecified atom stereocenters. The van der Waals surface area contributed by atoms with Gasteiger partial charge in [0.1, 0.15) is 11.9 Å². The summed E-state index contributed by atoms with van der Waals surface area (Å²) in [5.41, 5.74) is 2.96. The molecule has 0 spiro atoms. The molecule has 0 saturated heterocycles. The van der Waals surface area contributed by atoms with Crippen molar-refractivity contribution in [1.29, 1.82) is 0 Å². The molecule has 146 valence electrons. The van der Waals surface area contributed by atoms with Gasteiger partial charge in [-0.1, -0.05) is 54.6 Å². The predicted octanol–water partition coefficient (Wildman–Crippen LogP) is 4.28. The number of para-hydroxylation sites is 1. The van der Waals surface area contributed by atoms with E-state index in [1.165, 1.54) is 18.2 Å². The van der Waals surface area contributed by atoms with Crippen LogP contribution in [0.2, 0.25) is 0 Å². The van der Waals surface area contributed by atoms with E-state index in [0.29, 0.717) is 17.8 Å². The fourth-order valence-electron chi connectivity index (χ4n) is 3.52. The lowest BCUT2D eigenvalue weighted by atomic mass is 10.1. The van der Waals surface area contributed by atoms with Gasteiger partial charge in [-0.3, -0.25) is 4.79 Å². The highest BCUT2D eigenvalue weighted by molar-refractivity contribution is 6.02. The van der Waals surface area contributed by atoms with Crippen LogP contribution in [0.15, 0.2) is 78.9 Å². The molecule has 1 aliphatic rings. The Labute approximate surface area is 168 Å². The van der Waals surface area contributed by atoms with Crippen molar-refractivity contribution in [2.24, 2.45) is 0 Å². The van der Waals surface area contributed by atoms with Gasteiger partial charge in [0.05, 0.1) is 0 Å². The van der Waals surface area contributed by atoms with Crippen molar-refractivity contribution in [3.63, 3.8) is 0 Å². The van der Waals surface area contributed by atoms with Crippen LogP contribution in [0, 0.1) is 5.82 Å². The van der Waals surface area contributed by atoms with Crippen LogP contribution in [0.5, 0.6) is 0 Å². The Morgan fingerprint density at radius 2 is 1.69 bits per heavy atom. The van der Waals surface area contributed by atoms with E-state index in [2.05, 4.69) is 10.6 Å². The average molecular weight is 389 g/mol. The molecule has 3 aromatic carbocycles. The first-order valence-electron chi connectivity index (χ1n) is 9.39. The van der Waals surface area contributed by atoms with E-state index < -0.39 is 17.9 Å². The Morgan fingerprint density at radius 3 is 2.48 bits per heavy atom. The number of carbonyl (C=O) groups excluding carboxylic acids is 2. The van der Waals surface area contributed by atoms with E-state index in [0.717, 1.165) is 17.7 Å². The van der Waals surface area contributed by atoms with Crippen molar-refractivity contribution in [3.05, 3.63) is 95.8 Å². The number of nitrogens with zero attached hydrogens (tertiary/aromatic N) is 1. The van der Waals surface area contributed by atoms with Crippen LogP contribution in [-0.4, -0.2) is 18.5 Å². The first kappa shape index (κ1) is 18.7. The Morgan fingerprint density at radius 1 is 0.931 bits per heavy atom. The summed E-state index contributed by atoms with van der Waals surface area (Å²) in [5, 5.41) is 5.33. The molecule has 3 amide bonds. The van der Waals surface area contributed by atoms with E-state index in [-0.39, 0.29) is 5.91 Å². The lowest BCUT2D eigenvalue weighted by Gasteiger charge is -2.25. The average Bonchev–Trinajstić information content (AvgIpc) is 3.16. The number of fused-ring (bicyclic) bond motifs is 1. The van der Waals surface area contributed by atoms with Crippen molar-refractivity contribution in [2.75, 3.05) is 16.8 Å². The van der Waals surface area contributed by atoms with Gasteiger partial charge in [-0.2, -0.15) is 0 Å². The molecule has 1 heterocycles. The Balaban J connectivity index is 1.57. The fourth-order valence-corrected chi connectivity index (χ4v) is 3.52. The van der Waals surface area contributed by atoms with Crippen LogP contribution >= 0.6 is 0 Å². The van der Waals surface area contributed by atoms with Gasteiger partial charge in [-0.05, 0) is 41.8 Å². The third kappa shape index (κ3) is 4.11. The summed E-state index contributed by atoms with van der Waals surface area (Å²) in [7, 11) is 0. The Kier molecular flexibility index (Phi) is 5.24. The number of nitrogens with one attached hydrogen (secondary N) is 2. The summed E-state index contributed by atoms with van der Waals surface area (Å²) in [5.74, 6) is -0.664. The number of halogens is 1. The number of anilines is 2. The van der Waals surface area contributed by atoms with Crippen LogP contribution in [0.25, 0.3) is 0 Å². The number of urea groups is 1. The number of amides is 3. The molecule has 3 aromatic rings. The zero-order valence-electron chi connectivity index (χ0n) is 15.6. The maximum Gasteiger partial charge on any atom is 0.320 e. The third-order valence-corrected chi connectivity index (χ3v) is 4.89. The van der Waals surface area contributed by atoms with Crippen molar-refractivity contribution >= 4 is 23.3 Å². The fraction of sp³-hybridized carbons (Fsp3) is 0.130. The number of hydrogen-bond donors (Lipinski definition) is 2. The quantitative estimate of drug-likeness (QED) is 0.700. The summed E-state index contributed by atoms with van der Waals surface area (Å²) in [6.07, 6.45) is 0.777. The van der Waals surface area contributed by atoms with E-state index in [4.69, 9.17) is 0 Å². The van der Waals surface area contributed by atoms with Gasteiger partial charge in [-0.25, -0.2) is 9.18 Å². The second kappa shape index (κ2) is 8.14. The van der Waals surface area contributed by atoms with E-state index in [1.54, 1.807) is 23.1 Å². The molecule has 0 aliphatic carbocycles. The SMILES string of the molecule is O=C(Nc1cccc(F)c1)N[C@H](C(=O)N1CCc2ccccc21)c1ccccc1. The number of rotatable bonds is 4. The molecule has 0 radical (unpaired) electrons. The van der Waals surface area contributed by atoms with Gasteiger partial charge in [0.25, 0.3) is 5.91 Å². The third-order valence-electron chi connectivity index (χ3n) is 4.89. The molecular weight excluding hydrogens is 369 g/mol. The molecule has 5 nitrogen and oxygen atoms in total. The smallest absolute Gasteiger partial charge is 0.320 e. The van der Waals surface area contributed by atoms with E-state index >= 15 is 0 Å². The van der Waals surface area contributed by atoms with Crippen LogP contribution in [0.3, 0.4) is 0 Å². The lowest BCUT2D eigenvalue weighted by molar-refractivity contribution is -0.120. The second-order valence-electron chi connectivity index (χ2n) is 6.82. The minimum Gasteiger partial charge on any atom is -0.322 e. The molecule has 6 heteroatoms. The molecule has 1 atom stereocenters. The Bertz CT molecular complexity index is 1040. The summed E-state index contributed by atoms with van der Waals surface area (Å²) < 4.78 is 13.4. The second-order valence-corrected chi connectivity index (χ2v) is 6.82. The Hall–Kier alpha value is -3.67. The molecule has 0 saturated carbocycles. The highest BCUT2D eigenvalue weighted by Crippen LogP contribution is 2.30. The molecule has 2 N–H and O–H groups in total. The first-order chi connectivity index (χ1) is 14.1. The molecule has 0 aromatic heterocycles. The first-order valence-corrected chi connectivity index (χ1v) is 9.39. The van der Waals surface area contributed by atoms with Crippen LogP contribution < -0.4 is 15.5 Å². The zero-order chi connectivity index (χ0) is 20.2. The van der Waals surface area contributed by atoms with Crippen molar-refractivity contribution in [2.45, 2.75) is 12.5 Å². The van der Waals surface area contributed by atoms with Gasteiger partial charge >= 0.3 is 6.03 Å². The highest BCUT2D eigenvalue weighted by Gasteiger charge is 2.32. The molecule has 1 aliphatic heterocycles. The van der Waals surface area contributed by atoms with Gasteiger partial charge < -0.3 is 15.5 Å². The highest BCUT2D eigenvalue weighted by atomic mass is 19.1. The van der Waals surface area contributed by atoms with Gasteiger partial charge in [0, 0.05) is 17.9 Å². The summed E-state index contributed by atoms with van der Waals surface area (Å²) in [4.78, 5) is 27.6. The van der Waals surface area contributed by atoms with Crippen LogP contribution in [0.4, 0.5) is 20.6 Å². The van der Waals surface area contributed by atoms with Crippen molar-refractivity contribution in [3.8, 4) is 0 Å². The molecule has 29 heavy (non-hydrogen) atoms.